The van der Waals surface area contributed by atoms with Crippen LogP contribution in [0, 0.1) is 5.92 Å². The standard InChI is InChI=1S/C14H28N2O2/c1-5-7-13(12(6-2)14(17)18-4)16-10-8-15(3)9-11-16/h12-13H,5-11H2,1-4H3. The number of carbonyl (C=O) groups is 1. The lowest BCUT2D eigenvalue weighted by atomic mass is 9.91. The lowest BCUT2D eigenvalue weighted by molar-refractivity contribution is -0.148. The number of likely N-dealkylation sites (N-methyl/N-ethyl adjacent to an activating group) is 1. The van der Waals surface area contributed by atoms with E-state index in [9.17, 15) is 4.79 Å². The summed E-state index contributed by atoms with van der Waals surface area (Å²) in [7, 11) is 3.65. The van der Waals surface area contributed by atoms with Crippen molar-refractivity contribution in [2.45, 2.75) is 39.2 Å². The van der Waals surface area contributed by atoms with Gasteiger partial charge in [0.15, 0.2) is 0 Å². The van der Waals surface area contributed by atoms with Gasteiger partial charge in [0, 0.05) is 32.2 Å². The molecule has 0 aromatic rings. The molecule has 4 heteroatoms. The normalized spacial score (nSPS) is 21.6. The summed E-state index contributed by atoms with van der Waals surface area (Å²) in [5.41, 5.74) is 0. The Morgan fingerprint density at radius 2 is 1.83 bits per heavy atom. The third-order valence-electron chi connectivity index (χ3n) is 4.00. The molecule has 1 rings (SSSR count). The zero-order valence-electron chi connectivity index (χ0n) is 12.3. The molecule has 0 aliphatic carbocycles. The van der Waals surface area contributed by atoms with Crippen molar-refractivity contribution in [2.75, 3.05) is 40.3 Å². The number of hydrogen-bond acceptors (Lipinski definition) is 4. The molecule has 1 fully saturated rings. The van der Waals surface area contributed by atoms with Gasteiger partial charge in [-0.05, 0) is 19.9 Å². The first-order valence-electron chi connectivity index (χ1n) is 7.14. The largest absolute Gasteiger partial charge is 0.469 e. The highest BCUT2D eigenvalue weighted by molar-refractivity contribution is 5.73. The summed E-state index contributed by atoms with van der Waals surface area (Å²) in [4.78, 5) is 16.7. The van der Waals surface area contributed by atoms with Crippen molar-refractivity contribution in [3.8, 4) is 0 Å². The fraction of sp³-hybridized carbons (Fsp3) is 0.929. The van der Waals surface area contributed by atoms with Crippen LogP contribution in [0.2, 0.25) is 0 Å². The summed E-state index contributed by atoms with van der Waals surface area (Å²) < 4.78 is 4.97. The van der Waals surface area contributed by atoms with Crippen LogP contribution in [0.1, 0.15) is 33.1 Å². The van der Waals surface area contributed by atoms with Gasteiger partial charge in [-0.25, -0.2) is 0 Å². The average Bonchev–Trinajstić information content (AvgIpc) is 2.39. The molecular formula is C14H28N2O2. The van der Waals surface area contributed by atoms with E-state index in [1.54, 1.807) is 0 Å². The number of nitrogens with zero attached hydrogens (tertiary/aromatic N) is 2. The molecule has 0 bridgehead atoms. The topological polar surface area (TPSA) is 32.8 Å². The predicted molar refractivity (Wildman–Crippen MR) is 73.6 cm³/mol. The van der Waals surface area contributed by atoms with Crippen LogP contribution in [0.3, 0.4) is 0 Å². The highest BCUT2D eigenvalue weighted by Gasteiger charge is 2.32. The van der Waals surface area contributed by atoms with Crippen molar-refractivity contribution in [3.63, 3.8) is 0 Å². The Balaban J connectivity index is 2.70. The van der Waals surface area contributed by atoms with Gasteiger partial charge in [0.2, 0.25) is 0 Å². The van der Waals surface area contributed by atoms with Gasteiger partial charge in [-0.3, -0.25) is 9.69 Å². The zero-order valence-corrected chi connectivity index (χ0v) is 12.3. The fourth-order valence-corrected chi connectivity index (χ4v) is 2.83. The minimum Gasteiger partial charge on any atom is -0.469 e. The summed E-state index contributed by atoms with van der Waals surface area (Å²) in [6.45, 7) is 8.59. The van der Waals surface area contributed by atoms with E-state index in [1.807, 2.05) is 0 Å². The van der Waals surface area contributed by atoms with Gasteiger partial charge in [0.1, 0.15) is 0 Å². The van der Waals surface area contributed by atoms with Gasteiger partial charge in [0.25, 0.3) is 0 Å². The molecule has 0 amide bonds. The fourth-order valence-electron chi connectivity index (χ4n) is 2.83. The van der Waals surface area contributed by atoms with E-state index in [4.69, 9.17) is 4.74 Å². The molecule has 2 unspecified atom stereocenters. The van der Waals surface area contributed by atoms with Crippen LogP contribution in [-0.2, 0) is 9.53 Å². The molecule has 0 aromatic carbocycles. The van der Waals surface area contributed by atoms with Crippen LogP contribution in [0.15, 0.2) is 0 Å². The highest BCUT2D eigenvalue weighted by Crippen LogP contribution is 2.22. The van der Waals surface area contributed by atoms with Crippen LogP contribution >= 0.6 is 0 Å². The first-order chi connectivity index (χ1) is 8.63. The maximum absolute atomic E-state index is 11.9. The average molecular weight is 256 g/mol. The number of carbonyl (C=O) groups excluding carboxylic acids is 1. The van der Waals surface area contributed by atoms with E-state index in [1.165, 1.54) is 7.11 Å². The molecule has 1 aliphatic heterocycles. The molecule has 1 saturated heterocycles. The van der Waals surface area contributed by atoms with Gasteiger partial charge >= 0.3 is 5.97 Å². The molecule has 1 aliphatic rings. The number of ether oxygens (including phenoxy) is 1. The summed E-state index contributed by atoms with van der Waals surface area (Å²) in [6.07, 6.45) is 3.06. The first kappa shape index (κ1) is 15.4. The number of hydrogen-bond donors (Lipinski definition) is 0. The van der Waals surface area contributed by atoms with Crippen molar-refractivity contribution in [1.82, 2.24) is 9.80 Å². The maximum Gasteiger partial charge on any atom is 0.310 e. The molecule has 0 aromatic heterocycles. The second-order valence-corrected chi connectivity index (χ2v) is 5.23. The van der Waals surface area contributed by atoms with Crippen molar-refractivity contribution in [1.29, 1.82) is 0 Å². The second kappa shape index (κ2) is 7.74. The molecule has 0 radical (unpaired) electrons. The van der Waals surface area contributed by atoms with E-state index in [-0.39, 0.29) is 11.9 Å². The Bertz CT molecular complexity index is 250. The number of esters is 1. The number of methoxy groups -OCH3 is 1. The Kier molecular flexibility index (Phi) is 6.65. The van der Waals surface area contributed by atoms with Crippen molar-refractivity contribution in [2.24, 2.45) is 5.92 Å². The van der Waals surface area contributed by atoms with Gasteiger partial charge in [-0.2, -0.15) is 0 Å². The Morgan fingerprint density at radius 3 is 2.28 bits per heavy atom. The van der Waals surface area contributed by atoms with Gasteiger partial charge in [-0.1, -0.05) is 20.3 Å². The van der Waals surface area contributed by atoms with Crippen molar-refractivity contribution in [3.05, 3.63) is 0 Å². The van der Waals surface area contributed by atoms with E-state index in [0.29, 0.717) is 6.04 Å². The summed E-state index contributed by atoms with van der Waals surface area (Å²) >= 11 is 0. The third kappa shape index (κ3) is 3.95. The monoisotopic (exact) mass is 256 g/mol. The third-order valence-corrected chi connectivity index (χ3v) is 4.00. The molecule has 1 heterocycles. The van der Waals surface area contributed by atoms with E-state index in [0.717, 1.165) is 45.4 Å². The molecule has 0 saturated carbocycles. The molecule has 18 heavy (non-hydrogen) atoms. The zero-order chi connectivity index (χ0) is 13.5. The van der Waals surface area contributed by atoms with E-state index < -0.39 is 0 Å². The number of rotatable bonds is 6. The van der Waals surface area contributed by atoms with Crippen LogP contribution in [-0.4, -0.2) is 62.1 Å². The van der Waals surface area contributed by atoms with Gasteiger partial charge in [0.05, 0.1) is 13.0 Å². The van der Waals surface area contributed by atoms with Crippen LogP contribution in [0.5, 0.6) is 0 Å². The lowest BCUT2D eigenvalue weighted by Gasteiger charge is -2.40. The first-order valence-corrected chi connectivity index (χ1v) is 7.14. The Morgan fingerprint density at radius 1 is 1.22 bits per heavy atom. The van der Waals surface area contributed by atoms with Crippen LogP contribution in [0.25, 0.3) is 0 Å². The minimum atomic E-state index is -0.0464. The van der Waals surface area contributed by atoms with Gasteiger partial charge in [-0.15, -0.1) is 0 Å². The Hall–Kier alpha value is -0.610. The van der Waals surface area contributed by atoms with Crippen LogP contribution < -0.4 is 0 Å². The summed E-state index contributed by atoms with van der Waals surface area (Å²) in [5.74, 6) is -0.0202. The second-order valence-electron chi connectivity index (χ2n) is 5.23. The van der Waals surface area contributed by atoms with E-state index in [2.05, 4.69) is 30.7 Å². The maximum atomic E-state index is 11.9. The molecule has 2 atom stereocenters. The predicted octanol–water partition coefficient (Wildman–Crippen LogP) is 1.60. The smallest absolute Gasteiger partial charge is 0.310 e. The molecular weight excluding hydrogens is 228 g/mol. The highest BCUT2D eigenvalue weighted by atomic mass is 16.5. The lowest BCUT2D eigenvalue weighted by Crippen LogP contribution is -2.52. The van der Waals surface area contributed by atoms with Crippen molar-refractivity contribution < 1.29 is 9.53 Å². The molecule has 106 valence electrons. The Labute approximate surface area is 111 Å². The van der Waals surface area contributed by atoms with Gasteiger partial charge < -0.3 is 9.64 Å². The molecule has 0 spiro atoms. The molecule has 0 N–H and O–H groups in total. The SMILES string of the molecule is CCCC(C(CC)C(=O)OC)N1CCN(C)CC1. The van der Waals surface area contributed by atoms with E-state index >= 15 is 0 Å². The number of piperazine rings is 1. The summed E-state index contributed by atoms with van der Waals surface area (Å²) in [6, 6.07) is 0.348. The molecule has 4 nitrogen and oxygen atoms in total. The van der Waals surface area contributed by atoms with Crippen LogP contribution in [0.4, 0.5) is 0 Å². The quantitative estimate of drug-likeness (QED) is 0.676. The minimum absolute atomic E-state index is 0.0263. The summed E-state index contributed by atoms with van der Waals surface area (Å²) in [5, 5.41) is 0. The van der Waals surface area contributed by atoms with Crippen molar-refractivity contribution >= 4 is 5.97 Å².